The Morgan fingerprint density at radius 1 is 0.679 bits per heavy atom. The molecule has 0 bridgehead atoms. The van der Waals surface area contributed by atoms with Gasteiger partial charge < -0.3 is 19.1 Å². The molecule has 7 nitrogen and oxygen atoms in total. The fraction of sp³-hybridized carbons (Fsp3) is 1.00. The maximum atomic E-state index is 12.0. The second-order valence-corrected chi connectivity index (χ2v) is 8.31. The maximum absolute atomic E-state index is 12.0. The van der Waals surface area contributed by atoms with E-state index in [9.17, 15) is 9.46 Å². The average Bonchev–Trinajstić information content (AvgIpc) is 2.67. The predicted molar refractivity (Wildman–Crippen MR) is 111 cm³/mol. The predicted octanol–water partition coefficient (Wildman–Crippen LogP) is 5.46. The number of hydrogen-bond donors (Lipinski definition) is 1. The van der Waals surface area contributed by atoms with Gasteiger partial charge in [-0.3, -0.25) is 9.05 Å². The highest BCUT2D eigenvalue weighted by Crippen LogP contribution is 2.43. The van der Waals surface area contributed by atoms with Gasteiger partial charge in [0.15, 0.2) is 6.29 Å². The van der Waals surface area contributed by atoms with Crippen molar-refractivity contribution in [2.24, 2.45) is 0 Å². The summed E-state index contributed by atoms with van der Waals surface area (Å²) in [5.74, 6) is 0. The van der Waals surface area contributed by atoms with Gasteiger partial charge in [-0.2, -0.15) is 0 Å². The largest absolute Gasteiger partial charge is 0.472 e. The standard InChI is InChI=1S/C20H43O7P/c1-4-7-10-11-12-13-14-23-17-18-26-28(21,22)27-19-20(24-15-8-5-2)25-16-9-6-3/h20H,4-19H2,1-3H3,(H,21,22). The van der Waals surface area contributed by atoms with E-state index in [1.807, 2.05) is 0 Å². The normalized spacial score (nSPS) is 13.9. The summed E-state index contributed by atoms with van der Waals surface area (Å²) in [4.78, 5) is 9.77. The molecular weight excluding hydrogens is 383 g/mol. The second-order valence-electron chi connectivity index (χ2n) is 6.86. The minimum absolute atomic E-state index is 0.0155. The van der Waals surface area contributed by atoms with E-state index < -0.39 is 14.1 Å². The highest BCUT2D eigenvalue weighted by Gasteiger charge is 2.23. The van der Waals surface area contributed by atoms with E-state index >= 15 is 0 Å². The van der Waals surface area contributed by atoms with E-state index in [1.54, 1.807) is 0 Å². The Morgan fingerprint density at radius 2 is 1.25 bits per heavy atom. The highest BCUT2D eigenvalue weighted by atomic mass is 31.2. The van der Waals surface area contributed by atoms with Crippen LogP contribution in [-0.4, -0.2) is 50.8 Å². The number of phosphoric ester groups is 1. The molecule has 0 amide bonds. The van der Waals surface area contributed by atoms with Gasteiger partial charge in [-0.15, -0.1) is 0 Å². The Bertz CT molecular complexity index is 358. The molecule has 1 atom stereocenters. The van der Waals surface area contributed by atoms with E-state index in [-0.39, 0.29) is 19.8 Å². The summed E-state index contributed by atoms with van der Waals surface area (Å²) in [6, 6.07) is 0. The zero-order valence-electron chi connectivity index (χ0n) is 18.2. The van der Waals surface area contributed by atoms with Gasteiger partial charge in [0, 0.05) is 19.8 Å². The third-order valence-corrected chi connectivity index (χ3v) is 5.09. The van der Waals surface area contributed by atoms with Crippen molar-refractivity contribution in [1.29, 1.82) is 0 Å². The van der Waals surface area contributed by atoms with E-state index in [4.69, 9.17) is 23.3 Å². The van der Waals surface area contributed by atoms with E-state index in [0.717, 1.165) is 38.5 Å². The van der Waals surface area contributed by atoms with Crippen LogP contribution in [0.25, 0.3) is 0 Å². The minimum Gasteiger partial charge on any atom is -0.379 e. The summed E-state index contributed by atoms with van der Waals surface area (Å²) < 4.78 is 38.5. The second kappa shape index (κ2) is 20.3. The van der Waals surface area contributed by atoms with Gasteiger partial charge in [-0.05, 0) is 19.3 Å². The Balaban J connectivity index is 3.84. The molecule has 1 unspecified atom stereocenters. The van der Waals surface area contributed by atoms with E-state index in [0.29, 0.717) is 19.8 Å². The first-order valence-electron chi connectivity index (χ1n) is 11.0. The summed E-state index contributed by atoms with van der Waals surface area (Å²) >= 11 is 0. The van der Waals surface area contributed by atoms with Crippen LogP contribution < -0.4 is 0 Å². The topological polar surface area (TPSA) is 83.5 Å². The summed E-state index contributed by atoms with van der Waals surface area (Å²) in [6.45, 7) is 8.18. The molecule has 170 valence electrons. The third-order valence-electron chi connectivity index (χ3n) is 4.10. The Labute approximate surface area is 172 Å². The molecule has 0 aliphatic rings. The molecule has 8 heteroatoms. The summed E-state index contributed by atoms with van der Waals surface area (Å²) in [7, 11) is -4.14. The van der Waals surface area contributed by atoms with Crippen molar-refractivity contribution < 1.29 is 32.7 Å². The lowest BCUT2D eigenvalue weighted by molar-refractivity contribution is -0.162. The fourth-order valence-electron chi connectivity index (χ4n) is 2.35. The van der Waals surface area contributed by atoms with Gasteiger partial charge >= 0.3 is 7.82 Å². The number of unbranched alkanes of at least 4 members (excludes halogenated alkanes) is 7. The van der Waals surface area contributed by atoms with Crippen molar-refractivity contribution in [3.8, 4) is 0 Å². The Kier molecular flexibility index (Phi) is 20.3. The molecule has 0 aromatic heterocycles. The molecule has 0 aliphatic heterocycles. The van der Waals surface area contributed by atoms with Crippen LogP contribution in [-0.2, 0) is 27.8 Å². The molecule has 0 aromatic carbocycles. The lowest BCUT2D eigenvalue weighted by Crippen LogP contribution is -2.24. The first-order chi connectivity index (χ1) is 13.6. The summed E-state index contributed by atoms with van der Waals surface area (Å²) in [5.41, 5.74) is 0. The first kappa shape index (κ1) is 28.0. The molecule has 0 rings (SSSR count). The maximum Gasteiger partial charge on any atom is 0.472 e. The summed E-state index contributed by atoms with van der Waals surface area (Å²) in [6.07, 6.45) is 10.3. The van der Waals surface area contributed by atoms with Crippen molar-refractivity contribution in [2.75, 3.05) is 39.6 Å². The molecule has 0 saturated carbocycles. The molecule has 0 spiro atoms. The molecule has 0 radical (unpaired) electrons. The minimum atomic E-state index is -4.14. The molecule has 0 heterocycles. The Hall–Kier alpha value is -0.0100. The number of rotatable bonds is 22. The lowest BCUT2D eigenvalue weighted by atomic mass is 10.1. The lowest BCUT2D eigenvalue weighted by Gasteiger charge is -2.20. The van der Waals surface area contributed by atoms with Crippen molar-refractivity contribution >= 4 is 7.82 Å². The molecule has 1 N–H and O–H groups in total. The zero-order chi connectivity index (χ0) is 20.9. The van der Waals surface area contributed by atoms with Gasteiger partial charge in [-0.1, -0.05) is 65.7 Å². The highest BCUT2D eigenvalue weighted by molar-refractivity contribution is 7.47. The molecule has 0 aliphatic carbocycles. The number of hydrogen-bond acceptors (Lipinski definition) is 6. The number of ether oxygens (including phenoxy) is 3. The van der Waals surface area contributed by atoms with Crippen LogP contribution in [0.1, 0.15) is 85.0 Å². The fourth-order valence-corrected chi connectivity index (χ4v) is 3.04. The quantitative estimate of drug-likeness (QED) is 0.140. The summed E-state index contributed by atoms with van der Waals surface area (Å²) in [5, 5.41) is 0. The van der Waals surface area contributed by atoms with Gasteiger partial charge in [0.1, 0.15) is 6.61 Å². The van der Waals surface area contributed by atoms with Crippen LogP contribution in [0.2, 0.25) is 0 Å². The average molecular weight is 427 g/mol. The third kappa shape index (κ3) is 19.3. The van der Waals surface area contributed by atoms with Crippen LogP contribution in [0.3, 0.4) is 0 Å². The van der Waals surface area contributed by atoms with Gasteiger partial charge in [0.25, 0.3) is 0 Å². The van der Waals surface area contributed by atoms with E-state index in [1.165, 1.54) is 25.7 Å². The molecular formula is C20H43O7P. The Morgan fingerprint density at radius 3 is 1.86 bits per heavy atom. The molecule has 28 heavy (non-hydrogen) atoms. The van der Waals surface area contributed by atoms with E-state index in [2.05, 4.69) is 20.8 Å². The SMILES string of the molecule is CCCCCCCCOCCOP(=O)(O)OCC(OCCCC)OCCCC. The van der Waals surface area contributed by atoms with Crippen LogP contribution >= 0.6 is 7.82 Å². The van der Waals surface area contributed by atoms with Gasteiger partial charge in [-0.25, -0.2) is 4.57 Å². The first-order valence-corrected chi connectivity index (χ1v) is 12.5. The van der Waals surface area contributed by atoms with Crippen LogP contribution in [0.4, 0.5) is 0 Å². The molecule has 0 aromatic rings. The van der Waals surface area contributed by atoms with Crippen molar-refractivity contribution in [2.45, 2.75) is 91.3 Å². The molecule has 0 saturated heterocycles. The van der Waals surface area contributed by atoms with Gasteiger partial charge in [0.05, 0.1) is 13.2 Å². The van der Waals surface area contributed by atoms with Crippen LogP contribution in [0.15, 0.2) is 0 Å². The van der Waals surface area contributed by atoms with Crippen molar-refractivity contribution in [3.63, 3.8) is 0 Å². The van der Waals surface area contributed by atoms with Crippen molar-refractivity contribution in [3.05, 3.63) is 0 Å². The van der Waals surface area contributed by atoms with Crippen molar-refractivity contribution in [1.82, 2.24) is 0 Å². The smallest absolute Gasteiger partial charge is 0.379 e. The van der Waals surface area contributed by atoms with Crippen LogP contribution in [0.5, 0.6) is 0 Å². The molecule has 0 fully saturated rings. The van der Waals surface area contributed by atoms with Crippen LogP contribution in [0, 0.1) is 0 Å². The zero-order valence-corrected chi connectivity index (χ0v) is 19.1. The number of phosphoric acid groups is 1. The van der Waals surface area contributed by atoms with Gasteiger partial charge in [0.2, 0.25) is 0 Å². The monoisotopic (exact) mass is 426 g/mol.